The number of carbonyl (C=O) groups excluding carboxylic acids is 1. The van der Waals surface area contributed by atoms with E-state index >= 15 is 0 Å². The SMILES string of the molecule is Cc1cc(C)c(C)c(S(=O)(=O)N2CCN(C(=O)c3c[nH]c4ccc([N+](=O)[O-])cc34)CC2)c1C. The summed E-state index contributed by atoms with van der Waals surface area (Å²) in [5, 5.41) is 11.6. The van der Waals surface area contributed by atoms with Gasteiger partial charge in [0, 0.05) is 55.4 Å². The quantitative estimate of drug-likeness (QED) is 0.463. The van der Waals surface area contributed by atoms with E-state index in [9.17, 15) is 23.3 Å². The van der Waals surface area contributed by atoms with E-state index in [1.54, 1.807) is 17.2 Å². The highest BCUT2D eigenvalue weighted by Gasteiger charge is 2.33. The van der Waals surface area contributed by atoms with Crippen LogP contribution in [0.4, 0.5) is 5.69 Å². The van der Waals surface area contributed by atoms with Crippen LogP contribution in [0.25, 0.3) is 10.9 Å². The molecule has 1 N–H and O–H groups in total. The number of amides is 1. The molecular formula is C23H26N4O5S. The highest BCUT2D eigenvalue weighted by atomic mass is 32.2. The summed E-state index contributed by atoms with van der Waals surface area (Å²) < 4.78 is 28.4. The zero-order chi connectivity index (χ0) is 24.1. The molecule has 0 radical (unpaired) electrons. The van der Waals surface area contributed by atoms with Gasteiger partial charge in [-0.05, 0) is 56.0 Å². The lowest BCUT2D eigenvalue weighted by Crippen LogP contribution is -2.50. The lowest BCUT2D eigenvalue weighted by atomic mass is 10.0. The second-order valence-corrected chi connectivity index (χ2v) is 10.3. The van der Waals surface area contributed by atoms with Gasteiger partial charge in [0.25, 0.3) is 11.6 Å². The van der Waals surface area contributed by atoms with Gasteiger partial charge in [0.1, 0.15) is 0 Å². The summed E-state index contributed by atoms with van der Waals surface area (Å²) in [6, 6.07) is 6.33. The van der Waals surface area contributed by atoms with Gasteiger partial charge in [0.2, 0.25) is 10.0 Å². The molecule has 3 aromatic rings. The van der Waals surface area contributed by atoms with Crippen molar-refractivity contribution in [2.45, 2.75) is 32.6 Å². The van der Waals surface area contributed by atoms with E-state index in [4.69, 9.17) is 0 Å². The van der Waals surface area contributed by atoms with Gasteiger partial charge in [-0.1, -0.05) is 6.07 Å². The zero-order valence-corrected chi connectivity index (χ0v) is 19.8. The number of benzene rings is 2. The number of nitro benzene ring substituents is 1. The highest BCUT2D eigenvalue weighted by Crippen LogP contribution is 2.30. The smallest absolute Gasteiger partial charge is 0.270 e. The second-order valence-electron chi connectivity index (χ2n) is 8.48. The van der Waals surface area contributed by atoms with Crippen molar-refractivity contribution in [3.05, 3.63) is 68.4 Å². The van der Waals surface area contributed by atoms with E-state index in [0.29, 0.717) is 21.4 Å². The number of aromatic nitrogens is 1. The van der Waals surface area contributed by atoms with E-state index in [1.807, 2.05) is 33.8 Å². The number of hydrogen-bond donors (Lipinski definition) is 1. The van der Waals surface area contributed by atoms with Crippen LogP contribution in [-0.2, 0) is 10.0 Å². The van der Waals surface area contributed by atoms with Crippen LogP contribution in [0.2, 0.25) is 0 Å². The van der Waals surface area contributed by atoms with Crippen molar-refractivity contribution < 1.29 is 18.1 Å². The Balaban J connectivity index is 1.56. The molecule has 0 aliphatic carbocycles. The van der Waals surface area contributed by atoms with Crippen molar-refractivity contribution in [3.63, 3.8) is 0 Å². The predicted molar refractivity (Wildman–Crippen MR) is 125 cm³/mol. The molecule has 174 valence electrons. The van der Waals surface area contributed by atoms with Gasteiger partial charge in [-0.15, -0.1) is 0 Å². The van der Waals surface area contributed by atoms with E-state index in [1.165, 1.54) is 16.4 Å². The molecule has 0 spiro atoms. The molecule has 33 heavy (non-hydrogen) atoms. The Kier molecular flexibility index (Phi) is 5.75. The third kappa shape index (κ3) is 3.89. The fraction of sp³-hybridized carbons (Fsp3) is 0.348. The fourth-order valence-electron chi connectivity index (χ4n) is 4.40. The molecule has 1 amide bonds. The van der Waals surface area contributed by atoms with Crippen molar-refractivity contribution in [1.82, 2.24) is 14.2 Å². The topological polar surface area (TPSA) is 117 Å². The van der Waals surface area contributed by atoms with E-state index in [0.717, 1.165) is 22.3 Å². The standard InChI is InChI=1S/C23H26N4O5S/c1-14-11-15(2)17(4)22(16(14)3)33(31,32)26-9-7-25(8-10-26)23(28)20-13-24-21-6-5-18(27(29)30)12-19(20)21/h5-6,11-13,24H,7-10H2,1-4H3. The average molecular weight is 471 g/mol. The van der Waals surface area contributed by atoms with Crippen molar-refractivity contribution in [1.29, 1.82) is 0 Å². The van der Waals surface area contributed by atoms with Crippen molar-refractivity contribution >= 4 is 32.5 Å². The minimum absolute atomic E-state index is 0.0914. The molecule has 10 heteroatoms. The van der Waals surface area contributed by atoms with Gasteiger partial charge in [-0.25, -0.2) is 8.42 Å². The van der Waals surface area contributed by atoms with Crippen LogP contribution in [0, 0.1) is 37.8 Å². The second kappa shape index (κ2) is 8.27. The van der Waals surface area contributed by atoms with E-state index in [2.05, 4.69) is 4.98 Å². The Labute approximate surface area is 192 Å². The predicted octanol–water partition coefficient (Wildman–Crippen LogP) is 3.46. The molecule has 9 nitrogen and oxygen atoms in total. The number of carbonyl (C=O) groups is 1. The summed E-state index contributed by atoms with van der Waals surface area (Å²) in [7, 11) is -3.71. The van der Waals surface area contributed by atoms with Crippen LogP contribution in [0.3, 0.4) is 0 Å². The summed E-state index contributed by atoms with van der Waals surface area (Å²) in [5.74, 6) is -0.280. The number of fused-ring (bicyclic) bond motifs is 1. The molecule has 2 heterocycles. The molecule has 1 aliphatic rings. The monoisotopic (exact) mass is 470 g/mol. The largest absolute Gasteiger partial charge is 0.360 e. The maximum Gasteiger partial charge on any atom is 0.270 e. The van der Waals surface area contributed by atoms with Crippen LogP contribution < -0.4 is 0 Å². The highest BCUT2D eigenvalue weighted by molar-refractivity contribution is 7.89. The molecule has 1 aromatic heterocycles. The first-order valence-corrected chi connectivity index (χ1v) is 12.1. The lowest BCUT2D eigenvalue weighted by Gasteiger charge is -2.34. The number of rotatable bonds is 4. The minimum atomic E-state index is -3.71. The number of aryl methyl sites for hydroxylation is 2. The Morgan fingerprint density at radius 3 is 2.18 bits per heavy atom. The molecule has 0 unspecified atom stereocenters. The maximum atomic E-state index is 13.5. The number of nitrogens with one attached hydrogen (secondary N) is 1. The number of nitro groups is 1. The van der Waals surface area contributed by atoms with Gasteiger partial charge < -0.3 is 9.88 Å². The maximum absolute atomic E-state index is 13.5. The van der Waals surface area contributed by atoms with Crippen LogP contribution in [0.5, 0.6) is 0 Å². The summed E-state index contributed by atoms with van der Waals surface area (Å²) in [6.07, 6.45) is 1.54. The molecule has 1 fully saturated rings. The van der Waals surface area contributed by atoms with Crippen molar-refractivity contribution in [2.75, 3.05) is 26.2 Å². The first-order valence-electron chi connectivity index (χ1n) is 10.6. The number of H-pyrrole nitrogens is 1. The van der Waals surface area contributed by atoms with E-state index in [-0.39, 0.29) is 37.8 Å². The third-order valence-electron chi connectivity index (χ3n) is 6.53. The lowest BCUT2D eigenvalue weighted by molar-refractivity contribution is -0.384. The number of hydrogen-bond acceptors (Lipinski definition) is 5. The molecule has 1 aliphatic heterocycles. The number of piperazine rings is 1. The molecule has 2 aromatic carbocycles. The molecule has 0 bridgehead atoms. The van der Waals surface area contributed by atoms with Crippen LogP contribution >= 0.6 is 0 Å². The van der Waals surface area contributed by atoms with Gasteiger partial charge in [0.05, 0.1) is 15.4 Å². The first kappa shape index (κ1) is 22.9. The van der Waals surface area contributed by atoms with Gasteiger partial charge in [-0.3, -0.25) is 14.9 Å². The summed E-state index contributed by atoms with van der Waals surface area (Å²) >= 11 is 0. The Bertz CT molecular complexity index is 1360. The Hall–Kier alpha value is -3.24. The Morgan fingerprint density at radius 2 is 1.61 bits per heavy atom. The number of non-ortho nitro benzene ring substituents is 1. The van der Waals surface area contributed by atoms with Gasteiger partial charge in [0.15, 0.2) is 0 Å². The van der Waals surface area contributed by atoms with Gasteiger partial charge >= 0.3 is 0 Å². The normalized spacial score (nSPS) is 15.2. The summed E-state index contributed by atoms with van der Waals surface area (Å²) in [5.41, 5.74) is 4.23. The first-order chi connectivity index (χ1) is 15.5. The summed E-state index contributed by atoms with van der Waals surface area (Å²) in [4.78, 5) is 28.7. The minimum Gasteiger partial charge on any atom is -0.360 e. The number of nitrogens with zero attached hydrogens (tertiary/aromatic N) is 3. The van der Waals surface area contributed by atoms with Crippen LogP contribution in [0.15, 0.2) is 35.4 Å². The molecule has 1 saturated heterocycles. The fourth-order valence-corrected chi connectivity index (χ4v) is 6.40. The average Bonchev–Trinajstić information content (AvgIpc) is 3.20. The summed E-state index contributed by atoms with van der Waals surface area (Å²) in [6.45, 7) is 8.30. The van der Waals surface area contributed by atoms with Crippen LogP contribution in [-0.4, -0.2) is 59.6 Å². The van der Waals surface area contributed by atoms with E-state index < -0.39 is 14.9 Å². The number of sulfonamides is 1. The number of aromatic amines is 1. The molecule has 0 atom stereocenters. The van der Waals surface area contributed by atoms with Crippen LogP contribution in [0.1, 0.15) is 32.6 Å². The van der Waals surface area contributed by atoms with Crippen molar-refractivity contribution in [3.8, 4) is 0 Å². The van der Waals surface area contributed by atoms with Crippen molar-refractivity contribution in [2.24, 2.45) is 0 Å². The zero-order valence-electron chi connectivity index (χ0n) is 19.0. The van der Waals surface area contributed by atoms with Gasteiger partial charge in [-0.2, -0.15) is 4.31 Å². The molecule has 4 rings (SSSR count). The Morgan fingerprint density at radius 1 is 1.00 bits per heavy atom. The molecular weight excluding hydrogens is 444 g/mol. The third-order valence-corrected chi connectivity index (χ3v) is 8.70. The molecule has 0 saturated carbocycles.